The zero-order valence-corrected chi connectivity index (χ0v) is 19.0. The number of aliphatic imine (C=N–C) groups is 1. The average molecular weight is 490 g/mol. The Kier molecular flexibility index (Phi) is 9.81. The largest absolute Gasteiger partial charge is 0.381 e. The van der Waals surface area contributed by atoms with Crippen molar-refractivity contribution >= 4 is 29.9 Å². The van der Waals surface area contributed by atoms with E-state index in [-0.39, 0.29) is 24.0 Å². The van der Waals surface area contributed by atoms with Gasteiger partial charge in [-0.2, -0.15) is 0 Å². The van der Waals surface area contributed by atoms with Crippen LogP contribution in [0.15, 0.2) is 11.3 Å². The van der Waals surface area contributed by atoms with E-state index in [9.17, 15) is 0 Å². The van der Waals surface area contributed by atoms with Crippen LogP contribution in [0.25, 0.3) is 0 Å². The second-order valence-electron chi connectivity index (χ2n) is 7.74. The highest BCUT2D eigenvalue weighted by Gasteiger charge is 2.20. The first-order valence-electron chi connectivity index (χ1n) is 10.2. The van der Waals surface area contributed by atoms with Crippen LogP contribution in [-0.2, 0) is 17.7 Å². The number of aromatic nitrogens is 3. The molecule has 0 radical (unpaired) electrons. The summed E-state index contributed by atoms with van der Waals surface area (Å²) in [5, 5.41) is 15.3. The van der Waals surface area contributed by atoms with E-state index < -0.39 is 0 Å². The van der Waals surface area contributed by atoms with Crippen LogP contribution < -0.4 is 10.6 Å². The summed E-state index contributed by atoms with van der Waals surface area (Å²) in [5.74, 6) is 3.40. The molecule has 1 aromatic heterocycles. The molecule has 8 heteroatoms. The molecule has 1 saturated heterocycles. The molecule has 1 unspecified atom stereocenters. The molecule has 1 saturated carbocycles. The number of guanidine groups is 1. The van der Waals surface area contributed by atoms with Crippen LogP contribution in [0.1, 0.15) is 51.8 Å². The molecular formula is C19H35IN6O. The minimum atomic E-state index is 0. The van der Waals surface area contributed by atoms with Gasteiger partial charge in [-0.25, -0.2) is 0 Å². The Morgan fingerprint density at radius 2 is 2.11 bits per heavy atom. The summed E-state index contributed by atoms with van der Waals surface area (Å²) >= 11 is 0. The predicted molar refractivity (Wildman–Crippen MR) is 119 cm³/mol. The fraction of sp³-hybridized carbons (Fsp3) is 0.842. The van der Waals surface area contributed by atoms with Crippen molar-refractivity contribution in [3.05, 3.63) is 12.2 Å². The number of aryl methyl sites for hydroxylation is 1. The van der Waals surface area contributed by atoms with Crippen molar-refractivity contribution in [3.63, 3.8) is 0 Å². The van der Waals surface area contributed by atoms with Gasteiger partial charge in [0.2, 0.25) is 0 Å². The molecule has 2 fully saturated rings. The molecule has 7 nitrogen and oxygen atoms in total. The van der Waals surface area contributed by atoms with E-state index in [0.29, 0.717) is 12.0 Å². The third-order valence-electron chi connectivity index (χ3n) is 5.55. The van der Waals surface area contributed by atoms with Gasteiger partial charge in [0.1, 0.15) is 12.2 Å². The lowest BCUT2D eigenvalue weighted by atomic mass is 9.87. The smallest absolute Gasteiger partial charge is 0.191 e. The van der Waals surface area contributed by atoms with Gasteiger partial charge < -0.3 is 19.9 Å². The summed E-state index contributed by atoms with van der Waals surface area (Å²) in [6.45, 7) is 8.70. The zero-order valence-electron chi connectivity index (χ0n) is 16.7. The summed E-state index contributed by atoms with van der Waals surface area (Å²) in [4.78, 5) is 4.85. The maximum Gasteiger partial charge on any atom is 0.191 e. The Hall–Kier alpha value is -0.900. The van der Waals surface area contributed by atoms with Crippen molar-refractivity contribution in [3.8, 4) is 0 Å². The Labute approximate surface area is 180 Å². The molecule has 2 N–H and O–H groups in total. The Morgan fingerprint density at radius 3 is 2.81 bits per heavy atom. The van der Waals surface area contributed by atoms with Crippen LogP contribution >= 0.6 is 24.0 Å². The van der Waals surface area contributed by atoms with E-state index in [1.54, 1.807) is 0 Å². The molecule has 0 amide bonds. The van der Waals surface area contributed by atoms with Crippen LogP contribution in [0.3, 0.4) is 0 Å². The number of hydrogen-bond acceptors (Lipinski definition) is 4. The molecule has 27 heavy (non-hydrogen) atoms. The lowest BCUT2D eigenvalue weighted by Crippen LogP contribution is -2.46. The van der Waals surface area contributed by atoms with Crippen LogP contribution in [0.5, 0.6) is 0 Å². The summed E-state index contributed by atoms with van der Waals surface area (Å²) < 4.78 is 7.59. The maximum atomic E-state index is 5.48. The van der Waals surface area contributed by atoms with Crippen molar-refractivity contribution in [1.29, 1.82) is 0 Å². The number of halogens is 1. The second-order valence-corrected chi connectivity index (χ2v) is 7.74. The maximum absolute atomic E-state index is 5.48. The van der Waals surface area contributed by atoms with Crippen molar-refractivity contribution in [2.24, 2.45) is 16.8 Å². The van der Waals surface area contributed by atoms with Gasteiger partial charge in [0.05, 0.1) is 6.61 Å². The van der Waals surface area contributed by atoms with Crippen molar-refractivity contribution in [2.75, 3.05) is 26.3 Å². The lowest BCUT2D eigenvalue weighted by Gasteiger charge is -2.28. The van der Waals surface area contributed by atoms with E-state index in [1.165, 1.54) is 25.7 Å². The number of nitrogens with one attached hydrogen (secondary N) is 2. The second kappa shape index (κ2) is 11.8. The molecule has 1 aromatic rings. The van der Waals surface area contributed by atoms with E-state index >= 15 is 0 Å². The van der Waals surface area contributed by atoms with Gasteiger partial charge in [0, 0.05) is 44.6 Å². The van der Waals surface area contributed by atoms with Crippen molar-refractivity contribution in [1.82, 2.24) is 25.4 Å². The van der Waals surface area contributed by atoms with E-state index in [4.69, 9.17) is 9.73 Å². The molecule has 1 aliphatic carbocycles. The molecule has 154 valence electrons. The first kappa shape index (κ1) is 22.4. The molecule has 3 rings (SSSR count). The van der Waals surface area contributed by atoms with Gasteiger partial charge >= 0.3 is 0 Å². The third-order valence-corrected chi connectivity index (χ3v) is 5.55. The fourth-order valence-electron chi connectivity index (χ4n) is 3.73. The SMILES string of the molecule is CCc1nncn1CCNC(=NCC1CCOC1)NC1CCC(C)CC1.I. The minimum absolute atomic E-state index is 0. The summed E-state index contributed by atoms with van der Waals surface area (Å²) in [7, 11) is 0. The van der Waals surface area contributed by atoms with Gasteiger partial charge in [-0.1, -0.05) is 13.8 Å². The van der Waals surface area contributed by atoms with Gasteiger partial charge in [-0.3, -0.25) is 4.99 Å². The number of nitrogens with zero attached hydrogens (tertiary/aromatic N) is 4. The molecule has 1 aliphatic heterocycles. The van der Waals surface area contributed by atoms with Gasteiger partial charge in [-0.05, 0) is 38.0 Å². The average Bonchev–Trinajstić information content (AvgIpc) is 3.32. The fourth-order valence-corrected chi connectivity index (χ4v) is 3.73. The standard InChI is InChI=1S/C19H34N6O.HI/c1-3-18-24-22-14-25(18)10-9-20-19(21-12-16-8-11-26-13-16)23-17-6-4-15(2)5-7-17;/h14-17H,3-13H2,1-2H3,(H2,20,21,23);1H. The minimum Gasteiger partial charge on any atom is -0.381 e. The quantitative estimate of drug-likeness (QED) is 0.349. The van der Waals surface area contributed by atoms with Crippen LogP contribution in [0, 0.1) is 11.8 Å². The molecule has 2 heterocycles. The lowest BCUT2D eigenvalue weighted by molar-refractivity contribution is 0.187. The highest BCUT2D eigenvalue weighted by molar-refractivity contribution is 14.0. The Morgan fingerprint density at radius 1 is 1.30 bits per heavy atom. The first-order chi connectivity index (χ1) is 12.7. The molecule has 2 aliphatic rings. The normalized spacial score (nSPS) is 25.9. The monoisotopic (exact) mass is 490 g/mol. The summed E-state index contributed by atoms with van der Waals surface area (Å²) in [6, 6.07) is 0.540. The van der Waals surface area contributed by atoms with Crippen LogP contribution in [0.2, 0.25) is 0 Å². The molecular weight excluding hydrogens is 455 g/mol. The highest BCUT2D eigenvalue weighted by atomic mass is 127. The van der Waals surface area contributed by atoms with Gasteiger partial charge in [-0.15, -0.1) is 34.2 Å². The topological polar surface area (TPSA) is 76.4 Å². The molecule has 0 spiro atoms. The summed E-state index contributed by atoms with van der Waals surface area (Å²) in [6.07, 6.45) is 8.92. The molecule has 0 bridgehead atoms. The number of rotatable bonds is 7. The molecule has 1 atom stereocenters. The number of ether oxygens (including phenoxy) is 1. The van der Waals surface area contributed by atoms with Crippen LogP contribution in [0.4, 0.5) is 0 Å². The Balaban J connectivity index is 0.00000261. The highest BCUT2D eigenvalue weighted by Crippen LogP contribution is 2.23. The van der Waals surface area contributed by atoms with E-state index in [2.05, 4.69) is 39.2 Å². The van der Waals surface area contributed by atoms with Crippen molar-refractivity contribution in [2.45, 2.75) is 65.0 Å². The van der Waals surface area contributed by atoms with Crippen molar-refractivity contribution < 1.29 is 4.74 Å². The molecule has 0 aromatic carbocycles. The van der Waals surface area contributed by atoms with E-state index in [0.717, 1.165) is 63.4 Å². The van der Waals surface area contributed by atoms with Gasteiger partial charge in [0.25, 0.3) is 0 Å². The van der Waals surface area contributed by atoms with Gasteiger partial charge in [0.15, 0.2) is 5.96 Å². The summed E-state index contributed by atoms with van der Waals surface area (Å²) in [5.41, 5.74) is 0. The van der Waals surface area contributed by atoms with Crippen LogP contribution in [-0.4, -0.2) is 53.1 Å². The first-order valence-corrected chi connectivity index (χ1v) is 10.2. The zero-order chi connectivity index (χ0) is 18.2. The number of hydrogen-bond donors (Lipinski definition) is 2. The third kappa shape index (κ3) is 7.21. The predicted octanol–water partition coefficient (Wildman–Crippen LogP) is 2.61. The Bertz CT molecular complexity index is 564. The van der Waals surface area contributed by atoms with E-state index in [1.807, 2.05) is 6.33 Å².